The molecule has 2 N–H and O–H groups in total. The SMILES string of the molecule is CCOC(=O)N1CCC(NC(=NC)NCC2(c3ccccc3C)CCOCC2)CC1.I. The Labute approximate surface area is 203 Å². The third-order valence-electron chi connectivity index (χ3n) is 6.35. The average molecular weight is 544 g/mol. The Morgan fingerprint density at radius 2 is 1.94 bits per heavy atom. The molecule has 3 rings (SSSR count). The van der Waals surface area contributed by atoms with Crippen molar-refractivity contribution in [3.63, 3.8) is 0 Å². The number of carbonyl (C=O) groups excluding carboxylic acids is 1. The number of rotatable bonds is 5. The minimum atomic E-state index is -0.210. The van der Waals surface area contributed by atoms with Crippen molar-refractivity contribution in [2.75, 3.05) is 46.5 Å². The molecule has 7 nitrogen and oxygen atoms in total. The van der Waals surface area contributed by atoms with Crippen LogP contribution in [0.4, 0.5) is 4.79 Å². The van der Waals surface area contributed by atoms with Gasteiger partial charge in [0.25, 0.3) is 0 Å². The summed E-state index contributed by atoms with van der Waals surface area (Å²) in [4.78, 5) is 18.1. The highest BCUT2D eigenvalue weighted by Crippen LogP contribution is 2.36. The highest BCUT2D eigenvalue weighted by Gasteiger charge is 2.36. The molecule has 0 unspecified atom stereocenters. The van der Waals surface area contributed by atoms with Gasteiger partial charge in [-0.15, -0.1) is 24.0 Å². The highest BCUT2D eigenvalue weighted by atomic mass is 127. The van der Waals surface area contributed by atoms with E-state index in [0.29, 0.717) is 25.7 Å². The summed E-state index contributed by atoms with van der Waals surface area (Å²) < 4.78 is 10.8. The maximum atomic E-state index is 11.9. The third kappa shape index (κ3) is 6.71. The molecule has 2 fully saturated rings. The van der Waals surface area contributed by atoms with Crippen molar-refractivity contribution in [3.05, 3.63) is 35.4 Å². The van der Waals surface area contributed by atoms with Gasteiger partial charge in [-0.1, -0.05) is 24.3 Å². The number of aliphatic imine (C=N–C) groups is 1. The number of nitrogens with zero attached hydrogens (tertiary/aromatic N) is 2. The molecule has 0 aromatic heterocycles. The summed E-state index contributed by atoms with van der Waals surface area (Å²) in [5.74, 6) is 0.823. The van der Waals surface area contributed by atoms with Crippen molar-refractivity contribution in [1.29, 1.82) is 0 Å². The second-order valence-corrected chi connectivity index (χ2v) is 8.24. The van der Waals surface area contributed by atoms with Gasteiger partial charge in [-0.2, -0.15) is 0 Å². The Morgan fingerprint density at radius 1 is 1.26 bits per heavy atom. The molecule has 0 radical (unpaired) electrons. The number of aryl methyl sites for hydroxylation is 1. The van der Waals surface area contributed by atoms with Gasteiger partial charge in [0.1, 0.15) is 0 Å². The second kappa shape index (κ2) is 12.5. The number of likely N-dealkylation sites (tertiary alicyclic amines) is 1. The van der Waals surface area contributed by atoms with Crippen LogP contribution >= 0.6 is 24.0 Å². The number of carbonyl (C=O) groups is 1. The fraction of sp³-hybridized carbons (Fsp3) is 0.652. The number of hydrogen-bond donors (Lipinski definition) is 2. The monoisotopic (exact) mass is 544 g/mol. The zero-order valence-electron chi connectivity index (χ0n) is 19.0. The van der Waals surface area contributed by atoms with Crippen molar-refractivity contribution in [3.8, 4) is 0 Å². The Hall–Kier alpha value is -1.55. The predicted octanol–water partition coefficient (Wildman–Crippen LogP) is 3.45. The molecule has 8 heteroatoms. The van der Waals surface area contributed by atoms with Crippen LogP contribution in [0.5, 0.6) is 0 Å². The molecule has 2 aliphatic rings. The van der Waals surface area contributed by atoms with Gasteiger partial charge in [-0.3, -0.25) is 4.99 Å². The van der Waals surface area contributed by atoms with Crippen LogP contribution in [0, 0.1) is 6.92 Å². The van der Waals surface area contributed by atoms with E-state index in [1.54, 1.807) is 4.90 Å². The lowest BCUT2D eigenvalue weighted by atomic mass is 9.72. The maximum Gasteiger partial charge on any atom is 0.409 e. The number of nitrogens with one attached hydrogen (secondary N) is 2. The molecule has 2 heterocycles. The molecule has 2 aliphatic heterocycles. The first-order valence-electron chi connectivity index (χ1n) is 11.1. The Kier molecular flexibility index (Phi) is 10.3. The van der Waals surface area contributed by atoms with E-state index in [4.69, 9.17) is 9.47 Å². The van der Waals surface area contributed by atoms with Gasteiger partial charge in [0.2, 0.25) is 0 Å². The fourth-order valence-electron chi connectivity index (χ4n) is 4.53. The molecule has 174 valence electrons. The van der Waals surface area contributed by atoms with Gasteiger partial charge < -0.3 is 25.0 Å². The zero-order chi connectivity index (χ0) is 21.4. The van der Waals surface area contributed by atoms with Gasteiger partial charge in [0.15, 0.2) is 5.96 Å². The van der Waals surface area contributed by atoms with Crippen molar-refractivity contribution in [1.82, 2.24) is 15.5 Å². The first-order valence-corrected chi connectivity index (χ1v) is 11.1. The highest BCUT2D eigenvalue weighted by molar-refractivity contribution is 14.0. The summed E-state index contributed by atoms with van der Waals surface area (Å²) in [5, 5.41) is 7.13. The molecule has 0 aliphatic carbocycles. The smallest absolute Gasteiger partial charge is 0.409 e. The van der Waals surface area contributed by atoms with Crippen molar-refractivity contribution in [2.24, 2.45) is 4.99 Å². The number of piperidine rings is 1. The molecule has 1 aromatic rings. The van der Waals surface area contributed by atoms with E-state index in [-0.39, 0.29) is 35.5 Å². The molecule has 0 spiro atoms. The molecule has 0 atom stereocenters. The number of amides is 1. The first-order chi connectivity index (χ1) is 14.6. The summed E-state index contributed by atoms with van der Waals surface area (Å²) in [6, 6.07) is 8.97. The van der Waals surface area contributed by atoms with E-state index in [9.17, 15) is 4.79 Å². The van der Waals surface area contributed by atoms with Gasteiger partial charge >= 0.3 is 6.09 Å². The van der Waals surface area contributed by atoms with E-state index in [2.05, 4.69) is 46.8 Å². The Morgan fingerprint density at radius 3 is 2.55 bits per heavy atom. The van der Waals surface area contributed by atoms with Crippen LogP contribution < -0.4 is 10.6 Å². The summed E-state index contributed by atoms with van der Waals surface area (Å²) in [6.45, 7) is 8.25. The normalized spacial score (nSPS) is 19.3. The molecule has 0 bridgehead atoms. The molecule has 1 aromatic carbocycles. The number of benzene rings is 1. The van der Waals surface area contributed by atoms with E-state index >= 15 is 0 Å². The van der Waals surface area contributed by atoms with Gasteiger partial charge in [0.05, 0.1) is 6.61 Å². The number of halogens is 1. The molecule has 2 saturated heterocycles. The lowest BCUT2D eigenvalue weighted by molar-refractivity contribution is 0.0511. The summed E-state index contributed by atoms with van der Waals surface area (Å²) in [7, 11) is 1.81. The molecule has 1 amide bonds. The summed E-state index contributed by atoms with van der Waals surface area (Å²) in [6.07, 6.45) is 3.56. The van der Waals surface area contributed by atoms with Crippen LogP contribution in [0.1, 0.15) is 43.7 Å². The van der Waals surface area contributed by atoms with E-state index in [1.807, 2.05) is 14.0 Å². The largest absolute Gasteiger partial charge is 0.450 e. The van der Waals surface area contributed by atoms with Crippen LogP contribution in [0.15, 0.2) is 29.3 Å². The summed E-state index contributed by atoms with van der Waals surface area (Å²) in [5.41, 5.74) is 2.78. The van der Waals surface area contributed by atoms with Crippen molar-refractivity contribution < 1.29 is 14.3 Å². The third-order valence-corrected chi connectivity index (χ3v) is 6.35. The molecular formula is C23H37IN4O3. The minimum Gasteiger partial charge on any atom is -0.450 e. The number of guanidine groups is 1. The first kappa shape index (κ1) is 25.7. The van der Waals surface area contributed by atoms with E-state index < -0.39 is 0 Å². The molecule has 31 heavy (non-hydrogen) atoms. The number of hydrogen-bond acceptors (Lipinski definition) is 4. The minimum absolute atomic E-state index is 0. The van der Waals surface area contributed by atoms with Gasteiger partial charge in [-0.05, 0) is 50.7 Å². The molecular weight excluding hydrogens is 507 g/mol. The Balaban J connectivity index is 0.00000341. The van der Waals surface area contributed by atoms with Crippen LogP contribution in [-0.4, -0.2) is 69.5 Å². The number of ether oxygens (including phenoxy) is 2. The standard InChI is InChI=1S/C23H36N4O3.HI/c1-4-30-22(28)27-13-9-19(10-14-27)26-21(24-3)25-17-23(11-15-29-16-12-23)20-8-6-5-7-18(20)2;/h5-8,19H,4,9-17H2,1-3H3,(H2,24,25,26);1H. The predicted molar refractivity (Wildman–Crippen MR) is 134 cm³/mol. The fourth-order valence-corrected chi connectivity index (χ4v) is 4.53. The molecule has 0 saturated carbocycles. The van der Waals surface area contributed by atoms with E-state index in [0.717, 1.165) is 51.4 Å². The van der Waals surface area contributed by atoms with Crippen molar-refractivity contribution >= 4 is 36.0 Å². The van der Waals surface area contributed by atoms with E-state index in [1.165, 1.54) is 11.1 Å². The maximum absolute atomic E-state index is 11.9. The van der Waals surface area contributed by atoms with Crippen LogP contribution in [0.3, 0.4) is 0 Å². The quantitative estimate of drug-likeness (QED) is 0.338. The second-order valence-electron chi connectivity index (χ2n) is 8.24. The van der Waals surface area contributed by atoms with Crippen LogP contribution in [0.25, 0.3) is 0 Å². The van der Waals surface area contributed by atoms with Crippen LogP contribution in [-0.2, 0) is 14.9 Å². The van der Waals surface area contributed by atoms with Gasteiger partial charge in [0, 0.05) is 51.4 Å². The zero-order valence-corrected chi connectivity index (χ0v) is 21.3. The van der Waals surface area contributed by atoms with Crippen LogP contribution in [0.2, 0.25) is 0 Å². The topological polar surface area (TPSA) is 75.2 Å². The Bertz CT molecular complexity index is 729. The summed E-state index contributed by atoms with van der Waals surface area (Å²) >= 11 is 0. The lowest BCUT2D eigenvalue weighted by Gasteiger charge is -2.39. The van der Waals surface area contributed by atoms with Gasteiger partial charge in [-0.25, -0.2) is 4.79 Å². The van der Waals surface area contributed by atoms with Crippen molar-refractivity contribution in [2.45, 2.75) is 51.0 Å². The average Bonchev–Trinajstić information content (AvgIpc) is 2.78. The lowest BCUT2D eigenvalue weighted by Crippen LogP contribution is -2.52.